The number of amides is 1. The van der Waals surface area contributed by atoms with Crippen molar-refractivity contribution in [3.8, 4) is 11.5 Å². The first-order valence-electron chi connectivity index (χ1n) is 10.7. The van der Waals surface area contributed by atoms with Crippen LogP contribution in [0.3, 0.4) is 0 Å². The fourth-order valence-electron chi connectivity index (χ4n) is 4.43. The maximum absolute atomic E-state index is 13.4. The van der Waals surface area contributed by atoms with Gasteiger partial charge in [0.15, 0.2) is 11.5 Å². The van der Waals surface area contributed by atoms with Gasteiger partial charge in [-0.15, -0.1) is 0 Å². The summed E-state index contributed by atoms with van der Waals surface area (Å²) < 4.78 is 10.7. The zero-order valence-corrected chi connectivity index (χ0v) is 21.1. The van der Waals surface area contributed by atoms with E-state index in [2.05, 4.69) is 0 Å². The number of aliphatic hydroxyl groups is 1. The molecule has 1 fully saturated rings. The predicted molar refractivity (Wildman–Crippen MR) is 137 cm³/mol. The van der Waals surface area contributed by atoms with Gasteiger partial charge in [-0.25, -0.2) is 0 Å². The number of Topliss-reactive ketones (excluding diaryl/α,β-unsaturated/α-hetero) is 1. The highest BCUT2D eigenvalue weighted by Crippen LogP contribution is 2.48. The maximum atomic E-state index is 13.4. The number of rotatable bonds is 5. The molecule has 0 aliphatic carbocycles. The number of carbonyl (C=O) groups is 2. The monoisotopic (exact) mass is 511 g/mol. The lowest BCUT2D eigenvalue weighted by atomic mass is 9.94. The van der Waals surface area contributed by atoms with Crippen LogP contribution in [0.2, 0.25) is 10.0 Å². The number of hydrogen-bond acceptors (Lipinski definition) is 5. The van der Waals surface area contributed by atoms with E-state index in [1.54, 1.807) is 24.3 Å². The van der Waals surface area contributed by atoms with Crippen molar-refractivity contribution in [1.82, 2.24) is 0 Å². The molecule has 1 aliphatic rings. The summed E-state index contributed by atoms with van der Waals surface area (Å²) in [4.78, 5) is 28.2. The van der Waals surface area contributed by atoms with E-state index in [1.165, 1.54) is 25.2 Å². The Morgan fingerprint density at radius 2 is 1.51 bits per heavy atom. The topological polar surface area (TPSA) is 76.1 Å². The minimum Gasteiger partial charge on any atom is -0.507 e. The Kier molecular flexibility index (Phi) is 6.79. The van der Waals surface area contributed by atoms with Gasteiger partial charge in [-0.3, -0.25) is 14.5 Å². The number of halogens is 2. The summed E-state index contributed by atoms with van der Waals surface area (Å²) >= 11 is 12.7. The minimum absolute atomic E-state index is 0.0313. The third-order valence-electron chi connectivity index (χ3n) is 5.84. The van der Waals surface area contributed by atoms with Crippen molar-refractivity contribution in [1.29, 1.82) is 0 Å². The SMILES string of the molecule is COc1c(Cl)cc(/C(O)=C2\C(=O)C(=O)N(c3cc(C)cc(C)c3)C2c2ccccc2)c(OC)c1Cl. The lowest BCUT2D eigenvalue weighted by Gasteiger charge is -2.26. The molecule has 0 aromatic heterocycles. The fraction of sp³-hybridized carbons (Fsp3) is 0.185. The quantitative estimate of drug-likeness (QED) is 0.248. The highest BCUT2D eigenvalue weighted by atomic mass is 35.5. The second kappa shape index (κ2) is 9.64. The second-order valence-corrected chi connectivity index (χ2v) is 9.00. The summed E-state index contributed by atoms with van der Waals surface area (Å²) in [5.74, 6) is -1.81. The molecule has 3 aromatic carbocycles. The molecular formula is C27H23Cl2NO5. The van der Waals surface area contributed by atoms with Crippen LogP contribution in [0.15, 0.2) is 60.2 Å². The zero-order chi connectivity index (χ0) is 25.4. The Morgan fingerprint density at radius 3 is 2.09 bits per heavy atom. The van der Waals surface area contributed by atoms with Crippen LogP contribution < -0.4 is 14.4 Å². The van der Waals surface area contributed by atoms with Gasteiger partial charge in [-0.1, -0.05) is 59.6 Å². The van der Waals surface area contributed by atoms with Crippen molar-refractivity contribution in [3.05, 3.63) is 92.5 Å². The van der Waals surface area contributed by atoms with E-state index in [9.17, 15) is 14.7 Å². The lowest BCUT2D eigenvalue weighted by Crippen LogP contribution is -2.29. The molecule has 8 heteroatoms. The molecule has 0 saturated carbocycles. The molecule has 1 atom stereocenters. The molecular weight excluding hydrogens is 489 g/mol. The van der Waals surface area contributed by atoms with Gasteiger partial charge < -0.3 is 14.6 Å². The molecule has 180 valence electrons. The summed E-state index contributed by atoms with van der Waals surface area (Å²) in [7, 11) is 2.77. The van der Waals surface area contributed by atoms with Crippen LogP contribution >= 0.6 is 23.2 Å². The number of anilines is 1. The summed E-state index contributed by atoms with van der Waals surface area (Å²) in [6.07, 6.45) is 0. The Balaban J connectivity index is 2.02. The van der Waals surface area contributed by atoms with E-state index in [4.69, 9.17) is 32.7 Å². The fourth-order valence-corrected chi connectivity index (χ4v) is 5.12. The van der Waals surface area contributed by atoms with Crippen molar-refractivity contribution in [3.63, 3.8) is 0 Å². The highest BCUT2D eigenvalue weighted by Gasteiger charge is 2.47. The number of aryl methyl sites for hydroxylation is 2. The van der Waals surface area contributed by atoms with Gasteiger partial charge in [0, 0.05) is 5.69 Å². The molecule has 1 N–H and O–H groups in total. The minimum atomic E-state index is -0.887. The Bertz CT molecular complexity index is 1350. The first kappa shape index (κ1) is 24.6. The standard InChI is InChI=1S/C27H23Cl2NO5/c1-14-10-15(2)12-17(11-14)30-22(16-8-6-5-7-9-16)20(24(32)27(30)33)23(31)18-13-19(28)26(35-4)21(29)25(18)34-3/h5-13,22,31H,1-4H3/b23-20+. The normalized spacial score (nSPS) is 17.1. The largest absolute Gasteiger partial charge is 0.507 e. The number of carbonyl (C=O) groups excluding carboxylic acids is 2. The third-order valence-corrected chi connectivity index (χ3v) is 6.46. The highest BCUT2D eigenvalue weighted by molar-refractivity contribution is 6.52. The zero-order valence-electron chi connectivity index (χ0n) is 19.6. The number of ether oxygens (including phenoxy) is 2. The number of nitrogens with zero attached hydrogens (tertiary/aromatic N) is 1. The molecule has 1 saturated heterocycles. The van der Waals surface area contributed by atoms with Gasteiger partial charge in [0.1, 0.15) is 10.8 Å². The smallest absolute Gasteiger partial charge is 0.300 e. The van der Waals surface area contributed by atoms with Crippen molar-refractivity contribution < 1.29 is 24.2 Å². The van der Waals surface area contributed by atoms with Gasteiger partial charge in [0.05, 0.1) is 36.4 Å². The first-order valence-corrected chi connectivity index (χ1v) is 11.5. The van der Waals surface area contributed by atoms with Crippen LogP contribution in [0.1, 0.15) is 28.3 Å². The molecule has 6 nitrogen and oxygen atoms in total. The van der Waals surface area contributed by atoms with Gasteiger partial charge in [0.25, 0.3) is 11.7 Å². The number of benzene rings is 3. The molecule has 0 bridgehead atoms. The van der Waals surface area contributed by atoms with Gasteiger partial charge in [-0.05, 0) is 48.7 Å². The predicted octanol–water partition coefficient (Wildman–Crippen LogP) is 6.25. The second-order valence-electron chi connectivity index (χ2n) is 8.21. The number of aliphatic hydroxyl groups excluding tert-OH is 1. The third kappa shape index (κ3) is 4.24. The Hall–Kier alpha value is -3.48. The molecule has 3 aromatic rings. The van der Waals surface area contributed by atoms with Crippen LogP contribution in [-0.4, -0.2) is 31.0 Å². The molecule has 0 radical (unpaired) electrons. The number of methoxy groups -OCH3 is 2. The van der Waals surface area contributed by atoms with Crippen LogP contribution in [0.4, 0.5) is 5.69 Å². The van der Waals surface area contributed by atoms with E-state index >= 15 is 0 Å². The van der Waals surface area contributed by atoms with Crippen LogP contribution in [0, 0.1) is 13.8 Å². The van der Waals surface area contributed by atoms with E-state index in [0.717, 1.165) is 11.1 Å². The van der Waals surface area contributed by atoms with Crippen molar-refractivity contribution in [2.24, 2.45) is 0 Å². The van der Waals surface area contributed by atoms with E-state index in [-0.39, 0.29) is 32.7 Å². The van der Waals surface area contributed by atoms with Gasteiger partial charge in [0.2, 0.25) is 0 Å². The first-order chi connectivity index (χ1) is 16.7. The van der Waals surface area contributed by atoms with Crippen LogP contribution in [0.25, 0.3) is 5.76 Å². The average Bonchev–Trinajstić information content (AvgIpc) is 3.09. The van der Waals surface area contributed by atoms with Crippen molar-refractivity contribution in [2.45, 2.75) is 19.9 Å². The van der Waals surface area contributed by atoms with Crippen molar-refractivity contribution in [2.75, 3.05) is 19.1 Å². The molecule has 35 heavy (non-hydrogen) atoms. The van der Waals surface area contributed by atoms with E-state index < -0.39 is 23.5 Å². The molecule has 1 aliphatic heterocycles. The molecule has 1 heterocycles. The van der Waals surface area contributed by atoms with Crippen LogP contribution in [0.5, 0.6) is 11.5 Å². The van der Waals surface area contributed by atoms with Crippen molar-refractivity contribution >= 4 is 46.3 Å². The summed E-state index contributed by atoms with van der Waals surface area (Å²) in [5, 5.41) is 11.6. The summed E-state index contributed by atoms with van der Waals surface area (Å²) in [6, 6.07) is 15.2. The Labute approximate surface area is 213 Å². The molecule has 0 spiro atoms. The summed E-state index contributed by atoms with van der Waals surface area (Å²) in [5.41, 5.74) is 3.04. The van der Waals surface area contributed by atoms with Gasteiger partial charge >= 0.3 is 0 Å². The van der Waals surface area contributed by atoms with Gasteiger partial charge in [-0.2, -0.15) is 0 Å². The van der Waals surface area contributed by atoms with Crippen LogP contribution in [-0.2, 0) is 9.59 Å². The maximum Gasteiger partial charge on any atom is 0.300 e. The number of ketones is 1. The molecule has 1 unspecified atom stereocenters. The lowest BCUT2D eigenvalue weighted by molar-refractivity contribution is -0.132. The summed E-state index contributed by atoms with van der Waals surface area (Å²) in [6.45, 7) is 3.83. The molecule has 4 rings (SSSR count). The molecule has 1 amide bonds. The Morgan fingerprint density at radius 1 is 0.914 bits per heavy atom. The van der Waals surface area contributed by atoms with E-state index in [0.29, 0.717) is 11.3 Å². The average molecular weight is 512 g/mol. The van der Waals surface area contributed by atoms with E-state index in [1.807, 2.05) is 38.1 Å². The number of hydrogen-bond donors (Lipinski definition) is 1.